The molecule has 3 rings (SSSR count). The van der Waals surface area contributed by atoms with E-state index < -0.39 is 0 Å². The molecule has 0 radical (unpaired) electrons. The van der Waals surface area contributed by atoms with Crippen LogP contribution in [0.3, 0.4) is 0 Å². The van der Waals surface area contributed by atoms with Crippen molar-refractivity contribution in [3.05, 3.63) is 78.4 Å². The van der Waals surface area contributed by atoms with Crippen molar-refractivity contribution < 1.29 is 4.74 Å². The zero-order chi connectivity index (χ0) is 15.9. The normalized spacial score (nSPS) is 15.4. The van der Waals surface area contributed by atoms with Crippen molar-refractivity contribution in [2.75, 3.05) is 26.2 Å². The first kappa shape index (κ1) is 21.5. The number of benzene rings is 2. The molecule has 2 aromatic rings. The molecule has 3 nitrogen and oxygen atoms in total. The number of hydrogen-bond donors (Lipinski definition) is 1. The minimum absolute atomic E-state index is 0. The number of ether oxygens (including phenoxy) is 1. The lowest BCUT2D eigenvalue weighted by Gasteiger charge is -2.33. The minimum atomic E-state index is 0. The van der Waals surface area contributed by atoms with E-state index in [0.717, 1.165) is 31.9 Å². The zero-order valence-corrected chi connectivity index (χ0v) is 15.9. The third-order valence-electron chi connectivity index (χ3n) is 4.24. The maximum atomic E-state index is 5.86. The lowest BCUT2D eigenvalue weighted by molar-refractivity contribution is 0.203. The Hall–Kier alpha value is -1.52. The molecule has 0 aliphatic carbocycles. The Labute approximate surface area is 162 Å². The van der Waals surface area contributed by atoms with Gasteiger partial charge in [-0.3, -0.25) is 4.90 Å². The maximum absolute atomic E-state index is 5.86. The number of nitrogens with one attached hydrogen (secondary N) is 1. The Morgan fingerprint density at radius 3 is 2.24 bits per heavy atom. The Morgan fingerprint density at radius 2 is 1.64 bits per heavy atom. The summed E-state index contributed by atoms with van der Waals surface area (Å²) in [6.07, 6.45) is 2.03. The van der Waals surface area contributed by atoms with Crippen molar-refractivity contribution in [1.82, 2.24) is 10.2 Å². The fraction of sp³-hybridized carbons (Fsp3) is 0.300. The molecule has 136 valence electrons. The number of nitrogens with zero attached hydrogens (tertiary/aromatic N) is 1. The molecule has 1 N–H and O–H groups in total. The third-order valence-corrected chi connectivity index (χ3v) is 4.24. The van der Waals surface area contributed by atoms with Gasteiger partial charge in [0.1, 0.15) is 12.4 Å². The van der Waals surface area contributed by atoms with Gasteiger partial charge in [-0.2, -0.15) is 0 Å². The van der Waals surface area contributed by atoms with Gasteiger partial charge in [-0.15, -0.1) is 31.4 Å². The van der Waals surface area contributed by atoms with Gasteiger partial charge >= 0.3 is 0 Å². The van der Waals surface area contributed by atoms with Gasteiger partial charge < -0.3 is 10.1 Å². The van der Waals surface area contributed by atoms with Gasteiger partial charge in [-0.05, 0) is 23.3 Å². The van der Waals surface area contributed by atoms with Crippen LogP contribution in [0.15, 0.2) is 67.3 Å². The summed E-state index contributed by atoms with van der Waals surface area (Å²) in [5.74, 6) is 0.903. The van der Waals surface area contributed by atoms with Crippen LogP contribution in [-0.2, 0) is 6.61 Å². The molecule has 1 aliphatic heterocycles. The minimum Gasteiger partial charge on any atom is -0.489 e. The molecule has 0 aromatic heterocycles. The molecule has 5 heteroatoms. The fourth-order valence-corrected chi connectivity index (χ4v) is 2.96. The summed E-state index contributed by atoms with van der Waals surface area (Å²) in [4.78, 5) is 2.46. The van der Waals surface area contributed by atoms with Crippen molar-refractivity contribution in [2.45, 2.75) is 12.6 Å². The average molecular weight is 381 g/mol. The Morgan fingerprint density at radius 1 is 1.00 bits per heavy atom. The molecule has 1 saturated heterocycles. The molecule has 0 saturated carbocycles. The largest absolute Gasteiger partial charge is 0.489 e. The maximum Gasteiger partial charge on any atom is 0.119 e. The first-order valence-electron chi connectivity index (χ1n) is 8.21. The number of halogens is 2. The lowest BCUT2D eigenvalue weighted by Crippen LogP contribution is -2.44. The van der Waals surface area contributed by atoms with Crippen molar-refractivity contribution in [3.8, 4) is 5.75 Å². The van der Waals surface area contributed by atoms with E-state index in [1.54, 1.807) is 0 Å². The van der Waals surface area contributed by atoms with Crippen molar-refractivity contribution in [1.29, 1.82) is 0 Å². The predicted molar refractivity (Wildman–Crippen MR) is 109 cm³/mol. The molecule has 25 heavy (non-hydrogen) atoms. The molecule has 1 atom stereocenters. The fourth-order valence-electron chi connectivity index (χ4n) is 2.96. The molecule has 0 bridgehead atoms. The van der Waals surface area contributed by atoms with Crippen LogP contribution in [0.2, 0.25) is 0 Å². The van der Waals surface area contributed by atoms with E-state index in [-0.39, 0.29) is 30.9 Å². The molecule has 1 heterocycles. The van der Waals surface area contributed by atoms with Gasteiger partial charge in [0.2, 0.25) is 0 Å². The van der Waals surface area contributed by atoms with Gasteiger partial charge in [-0.25, -0.2) is 0 Å². The summed E-state index contributed by atoms with van der Waals surface area (Å²) in [6, 6.07) is 18.9. The highest BCUT2D eigenvalue weighted by Gasteiger charge is 2.19. The van der Waals surface area contributed by atoms with Crippen LogP contribution in [0.4, 0.5) is 0 Å². The molecule has 2 aromatic carbocycles. The summed E-state index contributed by atoms with van der Waals surface area (Å²) in [5.41, 5.74) is 2.45. The van der Waals surface area contributed by atoms with Crippen molar-refractivity contribution in [2.24, 2.45) is 0 Å². The van der Waals surface area contributed by atoms with E-state index in [4.69, 9.17) is 4.74 Å². The van der Waals surface area contributed by atoms with E-state index in [2.05, 4.69) is 53.2 Å². The van der Waals surface area contributed by atoms with E-state index in [1.165, 1.54) is 11.1 Å². The summed E-state index contributed by atoms with van der Waals surface area (Å²) < 4.78 is 5.86. The van der Waals surface area contributed by atoms with Gasteiger partial charge in [0.15, 0.2) is 0 Å². The van der Waals surface area contributed by atoms with Crippen LogP contribution in [0.5, 0.6) is 5.75 Å². The van der Waals surface area contributed by atoms with Crippen LogP contribution in [0.1, 0.15) is 17.2 Å². The Bertz CT molecular complexity index is 613. The van der Waals surface area contributed by atoms with Crippen LogP contribution in [-0.4, -0.2) is 31.1 Å². The lowest BCUT2D eigenvalue weighted by atomic mass is 10.0. The van der Waals surface area contributed by atoms with Gasteiger partial charge in [0.05, 0.1) is 6.04 Å². The third kappa shape index (κ3) is 6.05. The smallest absolute Gasteiger partial charge is 0.119 e. The molecule has 1 aliphatic rings. The van der Waals surface area contributed by atoms with Gasteiger partial charge in [0.25, 0.3) is 0 Å². The van der Waals surface area contributed by atoms with E-state index >= 15 is 0 Å². The molecular formula is C20H26Cl2N2O. The Balaban J connectivity index is 0.00000156. The quantitative estimate of drug-likeness (QED) is 0.758. The molecule has 0 spiro atoms. The number of rotatable bonds is 6. The SMILES string of the molecule is C=C[C@H](c1ccc(OCc2ccccc2)cc1)N1CCNCC1.Cl.Cl. The summed E-state index contributed by atoms with van der Waals surface area (Å²) in [6.45, 7) is 8.82. The average Bonchev–Trinajstić information content (AvgIpc) is 2.63. The van der Waals surface area contributed by atoms with Crippen molar-refractivity contribution >= 4 is 24.8 Å². The second kappa shape index (κ2) is 11.2. The van der Waals surface area contributed by atoms with Gasteiger partial charge in [0, 0.05) is 26.2 Å². The van der Waals surface area contributed by atoms with Gasteiger partial charge in [-0.1, -0.05) is 48.5 Å². The predicted octanol–water partition coefficient (Wildman–Crippen LogP) is 4.24. The first-order valence-corrected chi connectivity index (χ1v) is 8.21. The second-order valence-electron chi connectivity index (χ2n) is 5.81. The molecule has 1 fully saturated rings. The highest BCUT2D eigenvalue weighted by atomic mass is 35.5. The monoisotopic (exact) mass is 380 g/mol. The van der Waals surface area contributed by atoms with Crippen LogP contribution in [0.25, 0.3) is 0 Å². The highest BCUT2D eigenvalue weighted by Crippen LogP contribution is 2.24. The zero-order valence-electron chi connectivity index (χ0n) is 14.3. The molecule has 0 amide bonds. The summed E-state index contributed by atoms with van der Waals surface area (Å²) in [7, 11) is 0. The summed E-state index contributed by atoms with van der Waals surface area (Å²) in [5, 5.41) is 3.39. The first-order chi connectivity index (χ1) is 11.4. The van der Waals surface area contributed by atoms with Crippen molar-refractivity contribution in [3.63, 3.8) is 0 Å². The van der Waals surface area contributed by atoms with Crippen LogP contribution in [0, 0.1) is 0 Å². The van der Waals surface area contributed by atoms with Crippen LogP contribution >= 0.6 is 24.8 Å². The Kier molecular flexibility index (Phi) is 9.61. The standard InChI is InChI=1S/C20H24N2O.2ClH/c1-2-20(22-14-12-21-13-15-22)18-8-10-19(11-9-18)23-16-17-6-4-3-5-7-17;;/h2-11,20-21H,1,12-16H2;2*1H/t20-;;/m1../s1. The summed E-state index contributed by atoms with van der Waals surface area (Å²) >= 11 is 0. The second-order valence-corrected chi connectivity index (χ2v) is 5.81. The van der Waals surface area contributed by atoms with E-state index in [0.29, 0.717) is 6.61 Å². The number of hydrogen-bond acceptors (Lipinski definition) is 3. The highest BCUT2D eigenvalue weighted by molar-refractivity contribution is 5.85. The van der Waals surface area contributed by atoms with E-state index in [9.17, 15) is 0 Å². The van der Waals surface area contributed by atoms with E-state index in [1.807, 2.05) is 24.3 Å². The number of piperazine rings is 1. The van der Waals surface area contributed by atoms with Crippen LogP contribution < -0.4 is 10.1 Å². The topological polar surface area (TPSA) is 24.5 Å². The molecular weight excluding hydrogens is 355 g/mol. The molecule has 0 unspecified atom stereocenters.